The molecule has 0 bridgehead atoms. The number of rotatable bonds is 7. The van der Waals surface area contributed by atoms with Crippen molar-refractivity contribution in [2.75, 3.05) is 30.3 Å². The Morgan fingerprint density at radius 2 is 2.29 bits per heavy atom. The lowest BCUT2D eigenvalue weighted by molar-refractivity contribution is -0.384. The molecule has 0 aliphatic carbocycles. The molecule has 0 aromatic carbocycles. The van der Waals surface area contributed by atoms with Gasteiger partial charge in [0, 0.05) is 25.8 Å². The molecule has 1 aliphatic heterocycles. The van der Waals surface area contributed by atoms with Crippen LogP contribution in [0.15, 0.2) is 12.1 Å². The normalized spacial score (nSPS) is 21.2. The average Bonchev–Trinajstić information content (AvgIpc) is 2.90. The molecular formula is C14H22N4O3. The number of ether oxygens (including phenoxy) is 1. The smallest absolute Gasteiger partial charge is 0.311 e. The molecule has 116 valence electrons. The summed E-state index contributed by atoms with van der Waals surface area (Å²) < 4.78 is 5.68. The van der Waals surface area contributed by atoms with Crippen molar-refractivity contribution in [1.29, 1.82) is 0 Å². The van der Waals surface area contributed by atoms with Gasteiger partial charge < -0.3 is 15.4 Å². The van der Waals surface area contributed by atoms with Crippen molar-refractivity contribution in [2.45, 2.75) is 38.7 Å². The van der Waals surface area contributed by atoms with Crippen LogP contribution in [0.2, 0.25) is 0 Å². The van der Waals surface area contributed by atoms with Gasteiger partial charge in [-0.25, -0.2) is 4.98 Å². The van der Waals surface area contributed by atoms with Crippen molar-refractivity contribution in [2.24, 2.45) is 0 Å². The minimum absolute atomic E-state index is 0.0151. The Morgan fingerprint density at radius 1 is 1.48 bits per heavy atom. The third kappa shape index (κ3) is 4.04. The van der Waals surface area contributed by atoms with E-state index in [-0.39, 0.29) is 17.1 Å². The van der Waals surface area contributed by atoms with Gasteiger partial charge in [-0.3, -0.25) is 10.1 Å². The number of anilines is 2. The molecule has 7 heteroatoms. The zero-order valence-electron chi connectivity index (χ0n) is 12.5. The number of hydrogen-bond acceptors (Lipinski definition) is 6. The summed E-state index contributed by atoms with van der Waals surface area (Å²) in [5.74, 6) is 0.931. The second-order valence-electron chi connectivity index (χ2n) is 5.50. The second kappa shape index (κ2) is 6.71. The van der Waals surface area contributed by atoms with Gasteiger partial charge in [0.25, 0.3) is 0 Å². The van der Waals surface area contributed by atoms with Crippen LogP contribution in [0.5, 0.6) is 0 Å². The van der Waals surface area contributed by atoms with Gasteiger partial charge >= 0.3 is 5.69 Å². The van der Waals surface area contributed by atoms with E-state index >= 15 is 0 Å². The highest BCUT2D eigenvalue weighted by Crippen LogP contribution is 2.28. The summed E-state index contributed by atoms with van der Waals surface area (Å²) in [5, 5.41) is 17.3. The predicted molar refractivity (Wildman–Crippen MR) is 81.8 cm³/mol. The summed E-state index contributed by atoms with van der Waals surface area (Å²) in [6, 6.07) is 3.11. The highest BCUT2D eigenvalue weighted by molar-refractivity contribution is 5.60. The maximum atomic E-state index is 11.1. The van der Waals surface area contributed by atoms with E-state index in [1.165, 1.54) is 6.07 Å². The van der Waals surface area contributed by atoms with E-state index in [0.29, 0.717) is 12.4 Å². The lowest BCUT2D eigenvalue weighted by atomic mass is 10.0. The van der Waals surface area contributed by atoms with E-state index < -0.39 is 4.92 Å². The fraction of sp³-hybridized carbons (Fsp3) is 0.643. The Balaban J connectivity index is 2.11. The first-order valence-corrected chi connectivity index (χ1v) is 7.31. The standard InChI is InChI=1S/C14H22N4O3/c1-3-8-15-12-6-5-11(18(19)20)13(17-12)16-10-14(2)7-4-9-21-14/h5-6H,3-4,7-10H2,1-2H3,(H2,15,16,17). The third-order valence-corrected chi connectivity index (χ3v) is 3.56. The summed E-state index contributed by atoms with van der Waals surface area (Å²) >= 11 is 0. The Morgan fingerprint density at radius 3 is 2.90 bits per heavy atom. The van der Waals surface area contributed by atoms with Gasteiger partial charge in [0.2, 0.25) is 5.82 Å². The first kappa shape index (κ1) is 15.5. The second-order valence-corrected chi connectivity index (χ2v) is 5.50. The average molecular weight is 294 g/mol. The molecule has 2 heterocycles. The lowest BCUT2D eigenvalue weighted by Crippen LogP contribution is -2.33. The first-order chi connectivity index (χ1) is 10.0. The molecule has 0 saturated carbocycles. The fourth-order valence-corrected chi connectivity index (χ4v) is 2.33. The highest BCUT2D eigenvalue weighted by atomic mass is 16.6. The van der Waals surface area contributed by atoms with Crippen LogP contribution in [-0.4, -0.2) is 35.2 Å². The topological polar surface area (TPSA) is 89.3 Å². The third-order valence-electron chi connectivity index (χ3n) is 3.56. The van der Waals surface area contributed by atoms with Crippen molar-refractivity contribution >= 4 is 17.3 Å². The first-order valence-electron chi connectivity index (χ1n) is 7.31. The Labute approximate surface area is 124 Å². The highest BCUT2D eigenvalue weighted by Gasteiger charge is 2.30. The lowest BCUT2D eigenvalue weighted by Gasteiger charge is -2.23. The molecule has 1 unspecified atom stereocenters. The molecule has 0 radical (unpaired) electrons. The molecule has 1 saturated heterocycles. The summed E-state index contributed by atoms with van der Waals surface area (Å²) in [6.07, 6.45) is 2.93. The Hall–Kier alpha value is -1.89. The van der Waals surface area contributed by atoms with E-state index in [2.05, 4.69) is 22.5 Å². The van der Waals surface area contributed by atoms with Crippen LogP contribution in [0.4, 0.5) is 17.3 Å². The number of nitrogens with zero attached hydrogens (tertiary/aromatic N) is 2. The van der Waals surface area contributed by atoms with Crippen LogP contribution in [-0.2, 0) is 4.74 Å². The Bertz CT molecular complexity index is 501. The minimum atomic E-state index is -0.420. The molecule has 2 rings (SSSR count). The SMILES string of the molecule is CCCNc1ccc([N+](=O)[O-])c(NCC2(C)CCCO2)n1. The molecule has 1 aromatic heterocycles. The summed E-state index contributed by atoms with van der Waals surface area (Å²) in [4.78, 5) is 15.0. The molecule has 1 aromatic rings. The fourth-order valence-electron chi connectivity index (χ4n) is 2.33. The van der Waals surface area contributed by atoms with Gasteiger partial charge in [0.1, 0.15) is 5.82 Å². The van der Waals surface area contributed by atoms with Gasteiger partial charge in [-0.1, -0.05) is 6.92 Å². The monoisotopic (exact) mass is 294 g/mol. The zero-order chi connectivity index (χ0) is 15.3. The van der Waals surface area contributed by atoms with Crippen LogP contribution in [0.1, 0.15) is 33.1 Å². The Kier molecular flexibility index (Phi) is 4.95. The number of pyridine rings is 1. The van der Waals surface area contributed by atoms with E-state index in [0.717, 1.165) is 32.4 Å². The molecular weight excluding hydrogens is 272 g/mol. The van der Waals surface area contributed by atoms with E-state index in [4.69, 9.17) is 4.74 Å². The van der Waals surface area contributed by atoms with Crippen molar-refractivity contribution in [3.8, 4) is 0 Å². The molecule has 1 atom stereocenters. The number of aromatic nitrogens is 1. The van der Waals surface area contributed by atoms with Crippen LogP contribution in [0, 0.1) is 10.1 Å². The summed E-state index contributed by atoms with van der Waals surface area (Å²) in [5.41, 5.74) is -0.291. The van der Waals surface area contributed by atoms with Crippen molar-refractivity contribution in [3.63, 3.8) is 0 Å². The summed E-state index contributed by atoms with van der Waals surface area (Å²) in [7, 11) is 0. The largest absolute Gasteiger partial charge is 0.373 e. The van der Waals surface area contributed by atoms with E-state index in [9.17, 15) is 10.1 Å². The van der Waals surface area contributed by atoms with E-state index in [1.54, 1.807) is 6.07 Å². The van der Waals surface area contributed by atoms with Gasteiger partial charge in [-0.15, -0.1) is 0 Å². The molecule has 1 fully saturated rings. The predicted octanol–water partition coefficient (Wildman–Crippen LogP) is 2.79. The zero-order valence-corrected chi connectivity index (χ0v) is 12.5. The van der Waals surface area contributed by atoms with Crippen LogP contribution in [0.25, 0.3) is 0 Å². The number of hydrogen-bond donors (Lipinski definition) is 2. The number of nitro groups is 1. The van der Waals surface area contributed by atoms with Crippen LogP contribution < -0.4 is 10.6 Å². The van der Waals surface area contributed by atoms with Gasteiger partial charge in [-0.2, -0.15) is 0 Å². The molecule has 21 heavy (non-hydrogen) atoms. The summed E-state index contributed by atoms with van der Waals surface area (Å²) in [6.45, 7) is 6.10. The minimum Gasteiger partial charge on any atom is -0.373 e. The van der Waals surface area contributed by atoms with Crippen LogP contribution in [0.3, 0.4) is 0 Å². The van der Waals surface area contributed by atoms with Crippen LogP contribution >= 0.6 is 0 Å². The van der Waals surface area contributed by atoms with E-state index in [1.807, 2.05) is 6.92 Å². The maximum Gasteiger partial charge on any atom is 0.311 e. The van der Waals surface area contributed by atoms with Gasteiger partial charge in [-0.05, 0) is 32.3 Å². The van der Waals surface area contributed by atoms with Crippen molar-refractivity contribution in [3.05, 3.63) is 22.2 Å². The van der Waals surface area contributed by atoms with Gasteiger partial charge in [0.15, 0.2) is 0 Å². The van der Waals surface area contributed by atoms with Crippen molar-refractivity contribution in [1.82, 2.24) is 4.98 Å². The number of nitrogens with one attached hydrogen (secondary N) is 2. The molecule has 1 aliphatic rings. The molecule has 0 spiro atoms. The molecule has 0 amide bonds. The van der Waals surface area contributed by atoms with Gasteiger partial charge in [0.05, 0.1) is 10.5 Å². The quantitative estimate of drug-likeness (QED) is 0.593. The molecule has 2 N–H and O–H groups in total. The molecule has 7 nitrogen and oxygen atoms in total. The maximum absolute atomic E-state index is 11.1. The van der Waals surface area contributed by atoms with Crippen molar-refractivity contribution < 1.29 is 9.66 Å².